The Bertz CT molecular complexity index is 527. The van der Waals surface area contributed by atoms with Crippen LogP contribution in [0, 0.1) is 5.92 Å². The number of carbonyl (C=O) groups is 1. The van der Waals surface area contributed by atoms with Crippen molar-refractivity contribution < 1.29 is 14.7 Å². The molecule has 1 aliphatic carbocycles. The molecule has 1 aliphatic rings. The van der Waals surface area contributed by atoms with Crippen molar-refractivity contribution in [2.45, 2.75) is 25.7 Å². The Morgan fingerprint density at radius 1 is 1.30 bits per heavy atom. The van der Waals surface area contributed by atoms with Crippen molar-refractivity contribution in [1.82, 2.24) is 0 Å². The maximum absolute atomic E-state index is 10.7. The number of nitrogens with zero attached hydrogens (tertiary/aromatic N) is 1. The van der Waals surface area contributed by atoms with Gasteiger partial charge >= 0.3 is 5.97 Å². The van der Waals surface area contributed by atoms with E-state index in [9.17, 15) is 4.79 Å². The summed E-state index contributed by atoms with van der Waals surface area (Å²) >= 11 is 11.8. The van der Waals surface area contributed by atoms with E-state index in [1.807, 2.05) is 0 Å². The number of oxime groups is 1. The fourth-order valence-electron chi connectivity index (χ4n) is 1.65. The summed E-state index contributed by atoms with van der Waals surface area (Å²) in [4.78, 5) is 16.0. The number of benzene rings is 1. The first-order valence-electron chi connectivity index (χ1n) is 6.42. The quantitative estimate of drug-likeness (QED) is 0.611. The normalized spacial score (nSPS) is 15.2. The Labute approximate surface area is 127 Å². The second-order valence-electron chi connectivity index (χ2n) is 4.80. The number of aliphatic carboxylic acids is 1. The van der Waals surface area contributed by atoms with Gasteiger partial charge in [-0.05, 0) is 30.9 Å². The number of carboxylic acids is 1. The third-order valence-corrected chi connectivity index (χ3v) is 3.75. The summed E-state index contributed by atoms with van der Waals surface area (Å²) in [6.07, 6.45) is 2.63. The van der Waals surface area contributed by atoms with Gasteiger partial charge in [-0.2, -0.15) is 0 Å². The second kappa shape index (κ2) is 6.95. The molecule has 0 amide bonds. The van der Waals surface area contributed by atoms with E-state index >= 15 is 0 Å². The molecule has 20 heavy (non-hydrogen) atoms. The van der Waals surface area contributed by atoms with Crippen molar-refractivity contribution in [3.8, 4) is 0 Å². The van der Waals surface area contributed by atoms with Crippen LogP contribution in [-0.2, 0) is 9.63 Å². The SMILES string of the molecule is O=C(O)CCC(=NOCC1CC1)c1ccc(Cl)c(Cl)c1. The first-order chi connectivity index (χ1) is 9.56. The molecule has 0 aliphatic heterocycles. The highest BCUT2D eigenvalue weighted by molar-refractivity contribution is 6.42. The maximum Gasteiger partial charge on any atom is 0.303 e. The molecule has 0 heterocycles. The number of carboxylic acid groups (broad SMARTS) is 1. The highest BCUT2D eigenvalue weighted by Gasteiger charge is 2.22. The summed E-state index contributed by atoms with van der Waals surface area (Å²) in [5.41, 5.74) is 1.31. The number of rotatable bonds is 7. The zero-order chi connectivity index (χ0) is 14.5. The summed E-state index contributed by atoms with van der Waals surface area (Å²) in [6.45, 7) is 0.581. The van der Waals surface area contributed by atoms with Crippen LogP contribution < -0.4 is 0 Å². The van der Waals surface area contributed by atoms with E-state index in [0.29, 0.717) is 28.3 Å². The molecule has 1 aromatic rings. The van der Waals surface area contributed by atoms with E-state index in [0.717, 1.165) is 5.56 Å². The van der Waals surface area contributed by atoms with Gasteiger partial charge in [-0.3, -0.25) is 4.79 Å². The van der Waals surface area contributed by atoms with Crippen LogP contribution in [0.1, 0.15) is 31.2 Å². The third kappa shape index (κ3) is 4.69. The van der Waals surface area contributed by atoms with Crippen molar-refractivity contribution in [2.24, 2.45) is 11.1 Å². The van der Waals surface area contributed by atoms with E-state index in [1.165, 1.54) is 12.8 Å². The standard InChI is InChI=1S/C14H15Cl2NO3/c15-11-4-3-10(7-12(11)16)13(5-6-14(18)19)17-20-8-9-1-2-9/h3-4,7,9H,1-2,5-6,8H2,(H,18,19). The molecule has 4 nitrogen and oxygen atoms in total. The van der Waals surface area contributed by atoms with Crippen molar-refractivity contribution in [1.29, 1.82) is 0 Å². The largest absolute Gasteiger partial charge is 0.481 e. The molecule has 0 atom stereocenters. The molecule has 6 heteroatoms. The van der Waals surface area contributed by atoms with Gasteiger partial charge in [-0.15, -0.1) is 0 Å². The fourth-order valence-corrected chi connectivity index (χ4v) is 1.95. The molecule has 0 radical (unpaired) electrons. The van der Waals surface area contributed by atoms with Gasteiger partial charge in [0, 0.05) is 12.0 Å². The maximum atomic E-state index is 10.7. The van der Waals surface area contributed by atoms with Crippen LogP contribution in [0.15, 0.2) is 23.4 Å². The van der Waals surface area contributed by atoms with Gasteiger partial charge in [0.15, 0.2) is 0 Å². The average Bonchev–Trinajstić information content (AvgIpc) is 3.21. The summed E-state index contributed by atoms with van der Waals surface area (Å²) in [6, 6.07) is 5.09. The second-order valence-corrected chi connectivity index (χ2v) is 5.61. The Kier molecular flexibility index (Phi) is 5.26. The van der Waals surface area contributed by atoms with E-state index in [4.69, 9.17) is 33.1 Å². The van der Waals surface area contributed by atoms with Gasteiger partial charge in [0.25, 0.3) is 0 Å². The zero-order valence-electron chi connectivity index (χ0n) is 10.8. The molecule has 1 fully saturated rings. The fraction of sp³-hybridized carbons (Fsp3) is 0.429. The molecule has 108 valence electrons. The van der Waals surface area contributed by atoms with Gasteiger partial charge < -0.3 is 9.94 Å². The van der Waals surface area contributed by atoms with Crippen LogP contribution in [-0.4, -0.2) is 23.4 Å². The van der Waals surface area contributed by atoms with Crippen molar-refractivity contribution in [2.75, 3.05) is 6.61 Å². The Morgan fingerprint density at radius 2 is 2.05 bits per heavy atom. The van der Waals surface area contributed by atoms with E-state index in [1.54, 1.807) is 18.2 Å². The first kappa shape index (κ1) is 15.1. The topological polar surface area (TPSA) is 58.9 Å². The number of hydrogen-bond acceptors (Lipinski definition) is 3. The molecule has 0 aromatic heterocycles. The lowest BCUT2D eigenvalue weighted by Gasteiger charge is -2.07. The Hall–Kier alpha value is -1.26. The van der Waals surface area contributed by atoms with Crippen molar-refractivity contribution in [3.05, 3.63) is 33.8 Å². The lowest BCUT2D eigenvalue weighted by molar-refractivity contribution is -0.136. The van der Waals surface area contributed by atoms with Gasteiger partial charge in [0.2, 0.25) is 0 Å². The van der Waals surface area contributed by atoms with E-state index in [-0.39, 0.29) is 12.8 Å². The molecule has 1 aromatic carbocycles. The van der Waals surface area contributed by atoms with E-state index in [2.05, 4.69) is 5.16 Å². The number of hydrogen-bond donors (Lipinski definition) is 1. The lowest BCUT2D eigenvalue weighted by atomic mass is 10.1. The molecule has 1 saturated carbocycles. The van der Waals surface area contributed by atoms with Crippen LogP contribution in [0.5, 0.6) is 0 Å². The summed E-state index contributed by atoms with van der Waals surface area (Å²) in [5, 5.41) is 13.7. The van der Waals surface area contributed by atoms with Gasteiger partial charge in [-0.25, -0.2) is 0 Å². The molecule has 2 rings (SSSR count). The molecule has 0 bridgehead atoms. The average molecular weight is 316 g/mol. The van der Waals surface area contributed by atoms with Crippen molar-refractivity contribution in [3.63, 3.8) is 0 Å². The van der Waals surface area contributed by atoms with Crippen LogP contribution in [0.4, 0.5) is 0 Å². The zero-order valence-corrected chi connectivity index (χ0v) is 12.3. The van der Waals surface area contributed by atoms with Crippen LogP contribution in [0.3, 0.4) is 0 Å². The monoisotopic (exact) mass is 315 g/mol. The van der Waals surface area contributed by atoms with Crippen LogP contribution in [0.25, 0.3) is 0 Å². The van der Waals surface area contributed by atoms with Gasteiger partial charge in [0.1, 0.15) is 6.61 Å². The third-order valence-electron chi connectivity index (χ3n) is 3.01. The minimum absolute atomic E-state index is 0.00807. The predicted octanol–water partition coefficient (Wildman–Crippen LogP) is 3.99. The van der Waals surface area contributed by atoms with Crippen LogP contribution >= 0.6 is 23.2 Å². The minimum atomic E-state index is -0.875. The molecule has 0 unspecified atom stereocenters. The highest BCUT2D eigenvalue weighted by Crippen LogP contribution is 2.29. The molecular formula is C14H15Cl2NO3. The van der Waals surface area contributed by atoms with E-state index < -0.39 is 5.97 Å². The van der Waals surface area contributed by atoms with Crippen molar-refractivity contribution >= 4 is 34.9 Å². The first-order valence-corrected chi connectivity index (χ1v) is 7.18. The smallest absolute Gasteiger partial charge is 0.303 e. The Balaban J connectivity index is 2.09. The van der Waals surface area contributed by atoms with Crippen LogP contribution in [0.2, 0.25) is 10.0 Å². The molecular weight excluding hydrogens is 301 g/mol. The molecule has 0 spiro atoms. The summed E-state index contributed by atoms with van der Waals surface area (Å²) < 4.78 is 0. The number of halogens is 2. The Morgan fingerprint density at radius 3 is 2.65 bits per heavy atom. The summed E-state index contributed by atoms with van der Waals surface area (Å²) in [5.74, 6) is -0.284. The van der Waals surface area contributed by atoms with Gasteiger partial charge in [0.05, 0.1) is 22.2 Å². The minimum Gasteiger partial charge on any atom is -0.481 e. The molecule has 1 N–H and O–H groups in total. The lowest BCUT2D eigenvalue weighted by Crippen LogP contribution is -2.07. The highest BCUT2D eigenvalue weighted by atomic mass is 35.5. The molecule has 0 saturated heterocycles. The van der Waals surface area contributed by atoms with Gasteiger partial charge in [-0.1, -0.05) is 34.4 Å². The predicted molar refractivity (Wildman–Crippen MR) is 78.5 cm³/mol. The summed E-state index contributed by atoms with van der Waals surface area (Å²) in [7, 11) is 0.